The highest BCUT2D eigenvalue weighted by Gasteiger charge is 2.24. The van der Waals surface area contributed by atoms with Crippen molar-refractivity contribution in [2.24, 2.45) is 0 Å². The van der Waals surface area contributed by atoms with E-state index in [4.69, 9.17) is 0 Å². The topological polar surface area (TPSA) is 49.4 Å². The number of hydrogen-bond acceptors (Lipinski definition) is 2. The van der Waals surface area contributed by atoms with E-state index in [1.54, 1.807) is 0 Å². The fraction of sp³-hybridized carbons (Fsp3) is 0.158. The second kappa shape index (κ2) is 6.73. The molecular formula is C19H20N2O2S. The summed E-state index contributed by atoms with van der Waals surface area (Å²) in [5, 5.41) is 2.12. The molecule has 3 aromatic rings. The smallest absolute Gasteiger partial charge is 0.195 e. The SMILES string of the molecule is CN(C)S(=O)(=O)NC(c1ccccc1)c1cccc2ccccc12. The molecule has 0 bridgehead atoms. The largest absolute Gasteiger partial charge is 0.279 e. The Morgan fingerprint density at radius 2 is 1.46 bits per heavy atom. The molecule has 0 saturated carbocycles. The Kier molecular flexibility index (Phi) is 4.66. The quantitative estimate of drug-likeness (QED) is 0.774. The molecule has 0 amide bonds. The van der Waals surface area contributed by atoms with Gasteiger partial charge in [0, 0.05) is 14.1 Å². The van der Waals surface area contributed by atoms with Gasteiger partial charge in [0.15, 0.2) is 0 Å². The van der Waals surface area contributed by atoms with Gasteiger partial charge in [0.1, 0.15) is 0 Å². The van der Waals surface area contributed by atoms with Gasteiger partial charge in [0.25, 0.3) is 10.2 Å². The summed E-state index contributed by atoms with van der Waals surface area (Å²) in [6, 6.07) is 23.1. The molecule has 0 aliphatic rings. The number of nitrogens with one attached hydrogen (secondary N) is 1. The first-order chi connectivity index (χ1) is 11.5. The summed E-state index contributed by atoms with van der Waals surface area (Å²) < 4.78 is 28.9. The van der Waals surface area contributed by atoms with Crippen LogP contribution in [0.2, 0.25) is 0 Å². The monoisotopic (exact) mass is 340 g/mol. The average Bonchev–Trinajstić information content (AvgIpc) is 2.60. The molecule has 3 rings (SSSR count). The van der Waals surface area contributed by atoms with Crippen molar-refractivity contribution in [2.45, 2.75) is 6.04 Å². The van der Waals surface area contributed by atoms with Crippen LogP contribution in [-0.2, 0) is 10.2 Å². The van der Waals surface area contributed by atoms with Gasteiger partial charge in [-0.15, -0.1) is 0 Å². The Balaban J connectivity index is 2.18. The van der Waals surface area contributed by atoms with Crippen LogP contribution in [-0.4, -0.2) is 26.8 Å². The van der Waals surface area contributed by atoms with Crippen LogP contribution in [0, 0.1) is 0 Å². The van der Waals surface area contributed by atoms with Crippen LogP contribution in [0.5, 0.6) is 0 Å². The molecule has 4 nitrogen and oxygen atoms in total. The molecule has 124 valence electrons. The van der Waals surface area contributed by atoms with Gasteiger partial charge in [0.2, 0.25) is 0 Å². The Hall–Kier alpha value is -2.21. The third kappa shape index (κ3) is 3.33. The maximum absolute atomic E-state index is 12.4. The Labute approximate surface area is 142 Å². The summed E-state index contributed by atoms with van der Waals surface area (Å²) in [5.41, 5.74) is 1.84. The zero-order valence-corrected chi connectivity index (χ0v) is 14.5. The Morgan fingerprint density at radius 3 is 2.17 bits per heavy atom. The average molecular weight is 340 g/mol. The van der Waals surface area contributed by atoms with Gasteiger partial charge in [0.05, 0.1) is 6.04 Å². The van der Waals surface area contributed by atoms with Crippen LogP contribution >= 0.6 is 0 Å². The van der Waals surface area contributed by atoms with Crippen LogP contribution in [0.15, 0.2) is 72.8 Å². The number of fused-ring (bicyclic) bond motifs is 1. The van der Waals surface area contributed by atoms with Crippen LogP contribution < -0.4 is 4.72 Å². The standard InChI is InChI=1S/C19H20N2O2S/c1-21(2)24(22,23)20-19(16-10-4-3-5-11-16)18-14-8-12-15-9-6-7-13-17(15)18/h3-14,19-20H,1-2H3. The second-order valence-electron chi connectivity index (χ2n) is 5.82. The number of nitrogens with zero attached hydrogens (tertiary/aromatic N) is 1. The molecule has 1 N–H and O–H groups in total. The minimum atomic E-state index is -3.58. The van der Waals surface area contributed by atoms with Crippen molar-refractivity contribution < 1.29 is 8.42 Å². The minimum Gasteiger partial charge on any atom is -0.195 e. The van der Waals surface area contributed by atoms with Crippen LogP contribution in [0.4, 0.5) is 0 Å². The Bertz CT molecular complexity index is 933. The lowest BCUT2D eigenvalue weighted by atomic mass is 9.94. The van der Waals surface area contributed by atoms with Gasteiger partial charge >= 0.3 is 0 Å². The van der Waals surface area contributed by atoms with Gasteiger partial charge in [-0.25, -0.2) is 0 Å². The minimum absolute atomic E-state index is 0.454. The number of rotatable bonds is 5. The van der Waals surface area contributed by atoms with Crippen molar-refractivity contribution in [3.63, 3.8) is 0 Å². The van der Waals surface area contributed by atoms with Crippen LogP contribution in [0.25, 0.3) is 10.8 Å². The summed E-state index contributed by atoms with van der Waals surface area (Å²) in [6.07, 6.45) is 0. The summed E-state index contributed by atoms with van der Waals surface area (Å²) in [4.78, 5) is 0. The zero-order chi connectivity index (χ0) is 17.2. The van der Waals surface area contributed by atoms with Gasteiger partial charge < -0.3 is 0 Å². The molecule has 0 radical (unpaired) electrons. The molecule has 5 heteroatoms. The van der Waals surface area contributed by atoms with E-state index in [0.29, 0.717) is 0 Å². The molecule has 3 aromatic carbocycles. The highest BCUT2D eigenvalue weighted by molar-refractivity contribution is 7.87. The number of benzene rings is 3. The first kappa shape index (κ1) is 16.6. The maximum Gasteiger partial charge on any atom is 0.279 e. The second-order valence-corrected chi connectivity index (χ2v) is 7.73. The van der Waals surface area contributed by atoms with Crippen LogP contribution in [0.3, 0.4) is 0 Å². The van der Waals surface area contributed by atoms with Gasteiger partial charge in [-0.05, 0) is 21.9 Å². The highest BCUT2D eigenvalue weighted by Crippen LogP contribution is 2.29. The number of hydrogen-bond donors (Lipinski definition) is 1. The molecule has 1 atom stereocenters. The zero-order valence-electron chi connectivity index (χ0n) is 13.7. The first-order valence-corrected chi connectivity index (χ1v) is 9.15. The van der Waals surface area contributed by atoms with E-state index in [9.17, 15) is 8.42 Å². The third-order valence-electron chi connectivity index (χ3n) is 4.01. The van der Waals surface area contributed by atoms with Gasteiger partial charge in [-0.3, -0.25) is 0 Å². The molecule has 0 saturated heterocycles. The summed E-state index contributed by atoms with van der Waals surface area (Å²) in [5.74, 6) is 0. The third-order valence-corrected chi connectivity index (χ3v) is 5.51. The summed E-state index contributed by atoms with van der Waals surface area (Å²) in [7, 11) is -0.536. The fourth-order valence-corrected chi connectivity index (χ4v) is 3.48. The predicted molar refractivity (Wildman–Crippen MR) is 98.0 cm³/mol. The van der Waals surface area contributed by atoms with E-state index in [1.807, 2.05) is 72.8 Å². The van der Waals surface area contributed by atoms with Gasteiger partial charge in [-0.1, -0.05) is 72.8 Å². The van der Waals surface area contributed by atoms with E-state index in [1.165, 1.54) is 18.4 Å². The highest BCUT2D eigenvalue weighted by atomic mass is 32.2. The predicted octanol–water partition coefficient (Wildman–Crippen LogP) is 3.33. The normalized spacial score (nSPS) is 13.3. The van der Waals surface area contributed by atoms with Crippen molar-refractivity contribution >= 4 is 21.0 Å². The lowest BCUT2D eigenvalue weighted by Gasteiger charge is -2.23. The molecule has 0 heterocycles. The first-order valence-electron chi connectivity index (χ1n) is 7.71. The molecule has 0 aliphatic heterocycles. The Morgan fingerprint density at radius 1 is 0.833 bits per heavy atom. The van der Waals surface area contributed by atoms with Crippen molar-refractivity contribution in [3.8, 4) is 0 Å². The molecular weight excluding hydrogens is 320 g/mol. The van der Waals surface area contributed by atoms with Gasteiger partial charge in [-0.2, -0.15) is 17.4 Å². The van der Waals surface area contributed by atoms with Crippen molar-refractivity contribution in [2.75, 3.05) is 14.1 Å². The van der Waals surface area contributed by atoms with E-state index >= 15 is 0 Å². The summed E-state index contributed by atoms with van der Waals surface area (Å²) >= 11 is 0. The van der Waals surface area contributed by atoms with Crippen LogP contribution in [0.1, 0.15) is 17.2 Å². The van der Waals surface area contributed by atoms with Crippen molar-refractivity contribution in [1.82, 2.24) is 9.03 Å². The molecule has 0 fully saturated rings. The lowest BCUT2D eigenvalue weighted by molar-refractivity contribution is 0.498. The molecule has 0 aromatic heterocycles. The molecule has 0 aliphatic carbocycles. The molecule has 1 unspecified atom stereocenters. The van der Waals surface area contributed by atoms with Crippen molar-refractivity contribution in [1.29, 1.82) is 0 Å². The fourth-order valence-electron chi connectivity index (χ4n) is 2.71. The van der Waals surface area contributed by atoms with E-state index < -0.39 is 16.3 Å². The van der Waals surface area contributed by atoms with E-state index in [2.05, 4.69) is 4.72 Å². The van der Waals surface area contributed by atoms with E-state index in [-0.39, 0.29) is 0 Å². The molecule has 0 spiro atoms. The maximum atomic E-state index is 12.4. The lowest BCUT2D eigenvalue weighted by Crippen LogP contribution is -2.38. The van der Waals surface area contributed by atoms with Crippen molar-refractivity contribution in [3.05, 3.63) is 83.9 Å². The molecule has 24 heavy (non-hydrogen) atoms. The van der Waals surface area contributed by atoms with E-state index in [0.717, 1.165) is 21.9 Å². The summed E-state index contributed by atoms with van der Waals surface area (Å²) in [6.45, 7) is 0.